The van der Waals surface area contributed by atoms with Crippen LogP contribution in [0.1, 0.15) is 68.1 Å². The average molecular weight is 950 g/mol. The molecular formula is C46H58ClFN10O7S. The number of benzene rings is 2. The molecule has 20 heteroatoms. The summed E-state index contributed by atoms with van der Waals surface area (Å²) in [5, 5.41) is 22.6. The number of carbonyl (C=O) groups is 4. The molecule has 1 aliphatic carbocycles. The maximum Gasteiger partial charge on any atom is 0.258 e. The van der Waals surface area contributed by atoms with Crippen molar-refractivity contribution in [1.29, 1.82) is 0 Å². The molecule has 3 atom stereocenters. The fraction of sp³-hybridized carbons (Fsp3) is 0.500. The van der Waals surface area contributed by atoms with Gasteiger partial charge < -0.3 is 45.6 Å². The van der Waals surface area contributed by atoms with Gasteiger partial charge in [-0.2, -0.15) is 4.98 Å². The molecule has 66 heavy (non-hydrogen) atoms. The summed E-state index contributed by atoms with van der Waals surface area (Å²) in [5.74, 6) is -0.0858. The van der Waals surface area contributed by atoms with E-state index >= 15 is 0 Å². The van der Waals surface area contributed by atoms with E-state index in [1.807, 2.05) is 30.0 Å². The van der Waals surface area contributed by atoms with E-state index in [-0.39, 0.29) is 38.3 Å². The van der Waals surface area contributed by atoms with E-state index < -0.39 is 47.0 Å². The number of carbonyl (C=O) groups excluding carboxylic acids is 4. The highest BCUT2D eigenvalue weighted by molar-refractivity contribution is 7.13. The third kappa shape index (κ3) is 11.3. The van der Waals surface area contributed by atoms with Gasteiger partial charge in [-0.05, 0) is 61.4 Å². The van der Waals surface area contributed by atoms with Crippen LogP contribution in [0.4, 0.5) is 21.8 Å². The highest BCUT2D eigenvalue weighted by Gasteiger charge is 2.53. The zero-order chi connectivity index (χ0) is 47.3. The second-order valence-electron chi connectivity index (χ2n) is 18.0. The molecule has 2 aromatic carbocycles. The molecule has 2 saturated heterocycles. The topological polar surface area (TPSA) is 203 Å². The van der Waals surface area contributed by atoms with Crippen LogP contribution in [0, 0.1) is 12.3 Å². The summed E-state index contributed by atoms with van der Waals surface area (Å²) in [5.41, 5.74) is 2.65. The minimum Gasteiger partial charge on any atom is -0.495 e. The van der Waals surface area contributed by atoms with Gasteiger partial charge in [0.15, 0.2) is 5.67 Å². The molecule has 2 aromatic heterocycles. The van der Waals surface area contributed by atoms with Crippen LogP contribution in [-0.2, 0) is 20.9 Å². The van der Waals surface area contributed by atoms with Crippen molar-refractivity contribution >= 4 is 64.0 Å². The number of aryl methyl sites for hydroxylation is 1. The Morgan fingerprint density at radius 3 is 2.48 bits per heavy atom. The van der Waals surface area contributed by atoms with Gasteiger partial charge in [0, 0.05) is 70.4 Å². The maximum atomic E-state index is 14.6. The summed E-state index contributed by atoms with van der Waals surface area (Å²) in [6.07, 6.45) is 1.47. The molecule has 0 bridgehead atoms. The van der Waals surface area contributed by atoms with Gasteiger partial charge in [0.25, 0.3) is 11.8 Å². The fourth-order valence-electron chi connectivity index (χ4n) is 8.05. The summed E-state index contributed by atoms with van der Waals surface area (Å²) in [6.45, 7) is 10.8. The molecule has 5 N–H and O–H groups in total. The van der Waals surface area contributed by atoms with Gasteiger partial charge in [-0.1, -0.05) is 44.5 Å². The van der Waals surface area contributed by atoms with Crippen LogP contribution in [-0.4, -0.2) is 142 Å². The van der Waals surface area contributed by atoms with Crippen LogP contribution < -0.4 is 30.7 Å². The monoisotopic (exact) mass is 948 g/mol. The summed E-state index contributed by atoms with van der Waals surface area (Å²) in [6, 6.07) is 8.91. The third-order valence-corrected chi connectivity index (χ3v) is 13.3. The van der Waals surface area contributed by atoms with Crippen molar-refractivity contribution in [3.63, 3.8) is 0 Å². The van der Waals surface area contributed by atoms with Crippen LogP contribution in [0.25, 0.3) is 10.4 Å². The van der Waals surface area contributed by atoms with Gasteiger partial charge in [-0.25, -0.2) is 14.4 Å². The minimum atomic E-state index is -1.98. The van der Waals surface area contributed by atoms with Crippen molar-refractivity contribution in [1.82, 2.24) is 40.3 Å². The number of methoxy groups -OCH3 is 1. The number of amides is 4. The molecule has 2 aliphatic heterocycles. The number of anilines is 3. The fourth-order valence-corrected chi connectivity index (χ4v) is 9.04. The molecule has 354 valence electrons. The lowest BCUT2D eigenvalue weighted by atomic mass is 9.85. The summed E-state index contributed by atoms with van der Waals surface area (Å²) < 4.78 is 26.7. The van der Waals surface area contributed by atoms with Crippen molar-refractivity contribution in [2.24, 2.45) is 5.41 Å². The minimum absolute atomic E-state index is 0.0185. The zero-order valence-electron chi connectivity index (χ0n) is 38.1. The SMILES string of the molecule is CNc1nc(Nc2ccc(C(=O)N3CCN(CCCOc4cc(-c5scnc5C)ccc4CNC(=O)[C@H]4C[C@@H](O)CN4C(=O)[C@@H](NC(=O)C4(F)CC4)C(C)(C)C)CC3)cc2OC)ncc1Cl. The largest absolute Gasteiger partial charge is 0.495 e. The molecule has 0 unspecified atom stereocenters. The third-order valence-electron chi connectivity index (χ3n) is 12.1. The van der Waals surface area contributed by atoms with Crippen LogP contribution in [0.5, 0.6) is 11.5 Å². The first kappa shape index (κ1) is 48.3. The van der Waals surface area contributed by atoms with Crippen LogP contribution >= 0.6 is 22.9 Å². The molecule has 0 radical (unpaired) electrons. The number of nitrogens with zero attached hydrogens (tertiary/aromatic N) is 6. The number of nitrogens with one attached hydrogen (secondary N) is 4. The van der Waals surface area contributed by atoms with Crippen LogP contribution in [0.2, 0.25) is 5.02 Å². The van der Waals surface area contributed by atoms with Crippen molar-refractivity contribution in [3.05, 3.63) is 69.9 Å². The van der Waals surface area contributed by atoms with E-state index in [0.717, 1.165) is 28.2 Å². The number of piperazine rings is 1. The van der Waals surface area contributed by atoms with Crippen molar-refractivity contribution in [2.45, 2.75) is 83.8 Å². The second kappa shape index (κ2) is 20.5. The Bertz CT molecular complexity index is 2420. The Morgan fingerprint density at radius 2 is 1.82 bits per heavy atom. The Kier molecular flexibility index (Phi) is 15.0. The summed E-state index contributed by atoms with van der Waals surface area (Å²) >= 11 is 7.65. The molecule has 17 nitrogen and oxygen atoms in total. The number of aliphatic hydroxyl groups is 1. The van der Waals surface area contributed by atoms with E-state index in [9.17, 15) is 28.7 Å². The molecule has 4 aromatic rings. The molecule has 0 spiro atoms. The summed E-state index contributed by atoms with van der Waals surface area (Å²) in [4.78, 5) is 73.5. The lowest BCUT2D eigenvalue weighted by Gasteiger charge is -2.35. The maximum absolute atomic E-state index is 14.6. The number of hydrogen-bond donors (Lipinski definition) is 5. The molecular weight excluding hydrogens is 891 g/mol. The van der Waals surface area contributed by atoms with Crippen LogP contribution in [0.3, 0.4) is 0 Å². The average Bonchev–Trinajstić information content (AvgIpc) is 3.71. The number of halogens is 2. The molecule has 4 amide bonds. The lowest BCUT2D eigenvalue weighted by Crippen LogP contribution is -2.59. The number of aromatic nitrogens is 3. The summed E-state index contributed by atoms with van der Waals surface area (Å²) in [7, 11) is 3.25. The van der Waals surface area contributed by atoms with Gasteiger partial charge in [0.1, 0.15) is 34.4 Å². The number of alkyl halides is 1. The van der Waals surface area contributed by atoms with Gasteiger partial charge in [-0.3, -0.25) is 24.1 Å². The molecule has 3 aliphatic rings. The number of thiazole rings is 1. The first-order valence-corrected chi connectivity index (χ1v) is 23.3. The van der Waals surface area contributed by atoms with E-state index in [2.05, 4.69) is 41.1 Å². The number of likely N-dealkylation sites (tertiary alicyclic amines) is 1. The Labute approximate surface area is 392 Å². The van der Waals surface area contributed by atoms with E-state index in [1.165, 1.54) is 29.5 Å². The number of rotatable bonds is 17. The Morgan fingerprint density at radius 1 is 1.06 bits per heavy atom. The normalized spacial score (nSPS) is 18.6. The molecule has 3 fully saturated rings. The number of aliphatic hydroxyl groups excluding tert-OH is 1. The van der Waals surface area contributed by atoms with Crippen LogP contribution in [0.15, 0.2) is 48.1 Å². The quantitative estimate of drug-likeness (QED) is 0.0867. The standard InChI is InChI=1S/C46H58ClFN10O7S/c1-27-37(66-26-52-27)28-8-9-30(23-50-40(60)34-22-31(59)25-58(34)42(62)38(45(2,3)4)54-43(63)46(48)12-13-46)35(20-28)65-19-7-14-56-15-17-57(18-16-56)41(61)29-10-11-33(36(21-29)64-6)53-44-51-24-32(47)39(49-5)55-44/h8-11,20-21,24,26,31,34,38,59H,7,12-19,22-23,25H2,1-6H3,(H,50,60)(H,54,63)(H2,49,51,53,55)/t31-,34-,38-/m1/s1. The smallest absolute Gasteiger partial charge is 0.258 e. The first-order chi connectivity index (χ1) is 31.5. The predicted octanol–water partition coefficient (Wildman–Crippen LogP) is 5.19. The predicted molar refractivity (Wildman–Crippen MR) is 250 cm³/mol. The first-order valence-electron chi connectivity index (χ1n) is 22.1. The van der Waals surface area contributed by atoms with Gasteiger partial charge in [0.05, 0.1) is 47.8 Å². The van der Waals surface area contributed by atoms with Crippen molar-refractivity contribution in [2.75, 3.05) is 70.7 Å². The number of β-amino-alcohol motifs (C(OH)–C–C–N with tert-alkyl or cyclic N) is 1. The van der Waals surface area contributed by atoms with Crippen molar-refractivity contribution in [3.8, 4) is 21.9 Å². The zero-order valence-corrected chi connectivity index (χ0v) is 39.7. The Balaban J connectivity index is 0.934. The van der Waals surface area contributed by atoms with Gasteiger partial charge in [0.2, 0.25) is 17.8 Å². The molecule has 4 heterocycles. The molecule has 7 rings (SSSR count). The molecule has 1 saturated carbocycles. The second-order valence-corrected chi connectivity index (χ2v) is 19.2. The van der Waals surface area contributed by atoms with Gasteiger partial charge >= 0.3 is 0 Å². The van der Waals surface area contributed by atoms with E-state index in [4.69, 9.17) is 21.1 Å². The highest BCUT2D eigenvalue weighted by Crippen LogP contribution is 2.41. The van der Waals surface area contributed by atoms with Crippen molar-refractivity contribution < 1.29 is 38.1 Å². The van der Waals surface area contributed by atoms with Gasteiger partial charge in [-0.15, -0.1) is 11.3 Å². The highest BCUT2D eigenvalue weighted by atomic mass is 35.5. The number of ether oxygens (including phenoxy) is 2. The van der Waals surface area contributed by atoms with E-state index in [1.54, 1.807) is 51.5 Å². The Hall–Kier alpha value is -5.63. The lowest BCUT2D eigenvalue weighted by molar-refractivity contribution is -0.145. The van der Waals surface area contributed by atoms with E-state index in [0.29, 0.717) is 78.7 Å². The number of hydrogen-bond acceptors (Lipinski definition) is 14.